The molecular formula is C22H20ClFN2O6. The van der Waals surface area contributed by atoms with Crippen molar-refractivity contribution in [2.75, 3.05) is 26.3 Å². The molecular weight excluding hydrogens is 443 g/mol. The van der Waals surface area contributed by atoms with Gasteiger partial charge in [-0.1, -0.05) is 23.7 Å². The highest BCUT2D eigenvalue weighted by atomic mass is 35.5. The second-order valence-corrected chi connectivity index (χ2v) is 7.98. The van der Waals surface area contributed by atoms with Gasteiger partial charge in [0.2, 0.25) is 5.91 Å². The number of amides is 2. The number of aliphatic carboxylic acids is 1. The molecule has 0 radical (unpaired) electrons. The van der Waals surface area contributed by atoms with Crippen LogP contribution in [0, 0.1) is 5.82 Å². The molecule has 8 nitrogen and oxygen atoms in total. The molecule has 0 aliphatic carbocycles. The molecule has 168 valence electrons. The Morgan fingerprint density at radius 2 is 1.84 bits per heavy atom. The van der Waals surface area contributed by atoms with E-state index in [0.717, 1.165) is 4.90 Å². The number of nitrogens with one attached hydrogen (secondary N) is 1. The van der Waals surface area contributed by atoms with Gasteiger partial charge < -0.3 is 24.8 Å². The fourth-order valence-corrected chi connectivity index (χ4v) is 4.19. The monoisotopic (exact) mass is 462 g/mol. The summed E-state index contributed by atoms with van der Waals surface area (Å²) in [7, 11) is 0. The Morgan fingerprint density at radius 3 is 2.47 bits per heavy atom. The van der Waals surface area contributed by atoms with E-state index in [0.29, 0.717) is 29.9 Å². The van der Waals surface area contributed by atoms with Crippen molar-refractivity contribution in [2.45, 2.75) is 18.2 Å². The normalized spacial score (nSPS) is 19.3. The van der Waals surface area contributed by atoms with Crippen LogP contribution >= 0.6 is 11.6 Å². The summed E-state index contributed by atoms with van der Waals surface area (Å²) in [6.07, 6.45) is 0.0371. The second-order valence-electron chi connectivity index (χ2n) is 7.57. The first-order valence-electron chi connectivity index (χ1n) is 9.92. The minimum Gasteiger partial charge on any atom is -0.480 e. The number of nitrogens with zero attached hydrogens (tertiary/aromatic N) is 1. The fraction of sp³-hybridized carbons (Fsp3) is 0.318. The molecule has 0 bridgehead atoms. The molecule has 0 aromatic heterocycles. The molecule has 0 unspecified atom stereocenters. The lowest BCUT2D eigenvalue weighted by molar-refractivity contribution is -0.152. The lowest BCUT2D eigenvalue weighted by Gasteiger charge is -2.23. The van der Waals surface area contributed by atoms with Gasteiger partial charge in [0, 0.05) is 17.5 Å². The zero-order valence-corrected chi connectivity index (χ0v) is 17.6. The van der Waals surface area contributed by atoms with Gasteiger partial charge in [0.05, 0.1) is 31.3 Å². The maximum atomic E-state index is 13.2. The van der Waals surface area contributed by atoms with Gasteiger partial charge in [-0.05, 0) is 35.9 Å². The first kappa shape index (κ1) is 22.2. The van der Waals surface area contributed by atoms with Crippen LogP contribution in [0.25, 0.3) is 11.1 Å². The molecule has 2 N–H and O–H groups in total. The van der Waals surface area contributed by atoms with E-state index in [1.807, 2.05) is 0 Å². The molecule has 0 saturated carbocycles. The van der Waals surface area contributed by atoms with Crippen molar-refractivity contribution in [3.8, 4) is 11.1 Å². The number of hydrogen-bond acceptors (Lipinski definition) is 5. The van der Waals surface area contributed by atoms with E-state index in [1.165, 1.54) is 12.1 Å². The van der Waals surface area contributed by atoms with Crippen molar-refractivity contribution in [3.05, 3.63) is 58.9 Å². The number of benzene rings is 2. The molecule has 1 spiro atoms. The van der Waals surface area contributed by atoms with E-state index >= 15 is 0 Å². The molecule has 32 heavy (non-hydrogen) atoms. The van der Waals surface area contributed by atoms with Crippen molar-refractivity contribution in [1.82, 2.24) is 10.2 Å². The Bertz CT molecular complexity index is 1050. The molecule has 2 aliphatic heterocycles. The van der Waals surface area contributed by atoms with Gasteiger partial charge in [0.25, 0.3) is 5.91 Å². The van der Waals surface area contributed by atoms with Crippen molar-refractivity contribution >= 4 is 29.4 Å². The summed E-state index contributed by atoms with van der Waals surface area (Å²) in [6.45, 7) is 0.296. The summed E-state index contributed by atoms with van der Waals surface area (Å²) in [5.74, 6) is -3.74. The number of ether oxygens (including phenoxy) is 2. The predicted octanol–water partition coefficient (Wildman–Crippen LogP) is 2.30. The minimum atomic E-state index is -1.16. The van der Waals surface area contributed by atoms with E-state index in [4.69, 9.17) is 21.1 Å². The summed E-state index contributed by atoms with van der Waals surface area (Å²) < 4.78 is 24.3. The Kier molecular flexibility index (Phi) is 6.14. The summed E-state index contributed by atoms with van der Waals surface area (Å²) in [4.78, 5) is 37.8. The Hall–Kier alpha value is -3.01. The predicted molar refractivity (Wildman–Crippen MR) is 112 cm³/mol. The van der Waals surface area contributed by atoms with Crippen LogP contribution in [0.4, 0.5) is 4.39 Å². The second kappa shape index (κ2) is 8.85. The average molecular weight is 463 g/mol. The number of carbonyl (C=O) groups is 3. The van der Waals surface area contributed by atoms with Crippen molar-refractivity contribution in [3.63, 3.8) is 0 Å². The summed E-state index contributed by atoms with van der Waals surface area (Å²) in [5, 5.41) is 12.2. The Balaban J connectivity index is 1.39. The van der Waals surface area contributed by atoms with Gasteiger partial charge in [-0.3, -0.25) is 9.59 Å². The first-order valence-corrected chi connectivity index (χ1v) is 10.3. The van der Waals surface area contributed by atoms with Crippen LogP contribution in [0.2, 0.25) is 5.02 Å². The molecule has 1 atom stereocenters. The molecule has 2 aromatic rings. The highest BCUT2D eigenvalue weighted by molar-refractivity contribution is 6.33. The van der Waals surface area contributed by atoms with Gasteiger partial charge in [0.15, 0.2) is 5.79 Å². The molecule has 2 amide bonds. The summed E-state index contributed by atoms with van der Waals surface area (Å²) >= 11 is 6.07. The maximum Gasteiger partial charge on any atom is 0.326 e. The summed E-state index contributed by atoms with van der Waals surface area (Å²) in [6, 6.07) is 9.40. The van der Waals surface area contributed by atoms with Gasteiger partial charge in [0.1, 0.15) is 11.9 Å². The van der Waals surface area contributed by atoms with Gasteiger partial charge in [-0.2, -0.15) is 0 Å². The third-order valence-corrected chi connectivity index (χ3v) is 5.81. The van der Waals surface area contributed by atoms with Crippen molar-refractivity contribution in [2.24, 2.45) is 0 Å². The van der Waals surface area contributed by atoms with E-state index in [-0.39, 0.29) is 24.5 Å². The average Bonchev–Trinajstić information content (AvgIpc) is 3.39. The third kappa shape index (κ3) is 4.45. The summed E-state index contributed by atoms with van der Waals surface area (Å²) in [5.41, 5.74) is 1.62. The standard InChI is InChI=1S/C22H20ClFN2O6/c23-17-9-15(24)5-6-16(17)13-1-3-14(4-2-13)20(28)25-11-19(27)26-12-22(31-7-8-32-22)10-18(26)21(29)30/h1-6,9,18H,7-8,10-12H2,(H,25,28)(H,29,30)/t18-/m0/s1. The lowest BCUT2D eigenvalue weighted by Crippen LogP contribution is -2.46. The van der Waals surface area contributed by atoms with Gasteiger partial charge in [-0.25, -0.2) is 9.18 Å². The van der Waals surface area contributed by atoms with Gasteiger partial charge >= 0.3 is 5.97 Å². The molecule has 2 heterocycles. The van der Waals surface area contributed by atoms with E-state index in [2.05, 4.69) is 5.32 Å². The quantitative estimate of drug-likeness (QED) is 0.706. The largest absolute Gasteiger partial charge is 0.480 e. The zero-order valence-electron chi connectivity index (χ0n) is 16.8. The molecule has 4 rings (SSSR count). The smallest absolute Gasteiger partial charge is 0.326 e. The third-order valence-electron chi connectivity index (χ3n) is 5.50. The SMILES string of the molecule is O=C(NCC(=O)N1CC2(C[C@H]1C(=O)O)OCCO2)c1ccc(-c2ccc(F)cc2Cl)cc1. The highest BCUT2D eigenvalue weighted by Crippen LogP contribution is 2.35. The van der Waals surface area contributed by atoms with Crippen LogP contribution < -0.4 is 5.32 Å². The van der Waals surface area contributed by atoms with E-state index in [9.17, 15) is 23.9 Å². The molecule has 10 heteroatoms. The number of halogens is 2. The molecule has 2 saturated heterocycles. The van der Waals surface area contributed by atoms with Gasteiger partial charge in [-0.15, -0.1) is 0 Å². The molecule has 2 aromatic carbocycles. The number of likely N-dealkylation sites (tertiary alicyclic amines) is 1. The molecule has 2 aliphatic rings. The van der Waals surface area contributed by atoms with Crippen molar-refractivity contribution in [1.29, 1.82) is 0 Å². The minimum absolute atomic E-state index is 0.00814. The topological polar surface area (TPSA) is 105 Å². The Labute approximate surface area is 187 Å². The number of rotatable bonds is 5. The molecule has 2 fully saturated rings. The van der Waals surface area contributed by atoms with E-state index in [1.54, 1.807) is 30.3 Å². The van der Waals surface area contributed by atoms with Crippen LogP contribution in [0.5, 0.6) is 0 Å². The number of carboxylic acid groups (broad SMARTS) is 1. The fourth-order valence-electron chi connectivity index (χ4n) is 3.91. The Morgan fingerprint density at radius 1 is 1.16 bits per heavy atom. The number of carboxylic acids is 1. The van der Waals surface area contributed by atoms with Crippen LogP contribution in [0.3, 0.4) is 0 Å². The number of carbonyl (C=O) groups excluding carboxylic acids is 2. The van der Waals surface area contributed by atoms with Crippen LogP contribution in [0.1, 0.15) is 16.8 Å². The van der Waals surface area contributed by atoms with Crippen LogP contribution in [-0.4, -0.2) is 65.9 Å². The van der Waals surface area contributed by atoms with Crippen LogP contribution in [0.15, 0.2) is 42.5 Å². The van der Waals surface area contributed by atoms with E-state index < -0.39 is 35.4 Å². The highest BCUT2D eigenvalue weighted by Gasteiger charge is 2.52. The maximum absolute atomic E-state index is 13.2. The zero-order chi connectivity index (χ0) is 22.9. The number of hydrogen-bond donors (Lipinski definition) is 2. The lowest BCUT2D eigenvalue weighted by atomic mass is 10.0. The first-order chi connectivity index (χ1) is 15.3. The van der Waals surface area contributed by atoms with Crippen molar-refractivity contribution < 1.29 is 33.4 Å². The van der Waals surface area contributed by atoms with Crippen LogP contribution in [-0.2, 0) is 19.1 Å².